The molecule has 0 amide bonds. The summed E-state index contributed by atoms with van der Waals surface area (Å²) in [5.74, 6) is 1.16. The van der Waals surface area contributed by atoms with Gasteiger partial charge < -0.3 is 14.0 Å². The fourth-order valence-electron chi connectivity index (χ4n) is 3.54. The minimum absolute atomic E-state index is 0.00569. The Morgan fingerprint density at radius 3 is 2.41 bits per heavy atom. The molecule has 2 heterocycles. The zero-order chi connectivity index (χ0) is 20.0. The Kier molecular flexibility index (Phi) is 5.40. The van der Waals surface area contributed by atoms with E-state index in [0.29, 0.717) is 13.1 Å². The van der Waals surface area contributed by atoms with Crippen molar-refractivity contribution in [2.24, 2.45) is 0 Å². The van der Waals surface area contributed by atoms with E-state index < -0.39 is 28.2 Å². The van der Waals surface area contributed by atoms with Crippen LogP contribution in [0.1, 0.15) is 40.2 Å². The molecular formula is C19H30BNO5S. The van der Waals surface area contributed by atoms with Crippen LogP contribution in [0.4, 0.5) is 0 Å². The van der Waals surface area contributed by atoms with Gasteiger partial charge in [-0.05, 0) is 46.2 Å². The fraction of sp³-hybridized carbons (Fsp3) is 0.684. The van der Waals surface area contributed by atoms with Crippen LogP contribution in [0, 0.1) is 0 Å². The van der Waals surface area contributed by atoms with E-state index in [9.17, 15) is 8.42 Å². The molecule has 1 aromatic rings. The topological polar surface area (TPSA) is 65.1 Å². The molecule has 0 radical (unpaired) electrons. The van der Waals surface area contributed by atoms with Gasteiger partial charge in [-0.2, -0.15) is 0 Å². The largest absolute Gasteiger partial charge is 0.498 e. The number of nitrogens with zero attached hydrogens (tertiary/aromatic N) is 1. The Labute approximate surface area is 163 Å². The van der Waals surface area contributed by atoms with Crippen LogP contribution in [0.3, 0.4) is 0 Å². The SMILES string of the molecule is COc1ccc(CN2CCS(=O)(=O)CC2C)cc1B1OC(C)(C)C(C)(C)O1. The quantitative estimate of drug-likeness (QED) is 0.722. The summed E-state index contributed by atoms with van der Waals surface area (Å²) in [6, 6.07) is 6.01. The molecule has 1 atom stereocenters. The summed E-state index contributed by atoms with van der Waals surface area (Å²) in [5, 5.41) is 0. The molecule has 0 bridgehead atoms. The summed E-state index contributed by atoms with van der Waals surface area (Å²) < 4.78 is 41.5. The van der Waals surface area contributed by atoms with Gasteiger partial charge in [0.25, 0.3) is 0 Å². The first-order valence-corrected chi connectivity index (χ1v) is 11.2. The normalized spacial score (nSPS) is 26.9. The van der Waals surface area contributed by atoms with Crippen LogP contribution in [0.15, 0.2) is 18.2 Å². The second-order valence-electron chi connectivity index (χ2n) is 8.60. The summed E-state index contributed by atoms with van der Waals surface area (Å²) in [7, 11) is -1.77. The van der Waals surface area contributed by atoms with E-state index in [1.165, 1.54) is 0 Å². The maximum atomic E-state index is 11.8. The molecule has 2 aliphatic rings. The Hall–Kier alpha value is -1.09. The summed E-state index contributed by atoms with van der Waals surface area (Å²) >= 11 is 0. The van der Waals surface area contributed by atoms with Crippen LogP contribution in [0.2, 0.25) is 0 Å². The molecule has 1 aromatic carbocycles. The number of sulfone groups is 1. The Bertz CT molecular complexity index is 792. The number of hydrogen-bond acceptors (Lipinski definition) is 6. The number of ether oxygens (including phenoxy) is 1. The summed E-state index contributed by atoms with van der Waals surface area (Å²) in [5.41, 5.74) is 1.11. The molecular weight excluding hydrogens is 365 g/mol. The monoisotopic (exact) mass is 395 g/mol. The third-order valence-corrected chi connectivity index (χ3v) is 7.79. The van der Waals surface area contributed by atoms with E-state index in [1.54, 1.807) is 7.11 Å². The molecule has 1 unspecified atom stereocenters. The van der Waals surface area contributed by atoms with Crippen molar-refractivity contribution in [1.82, 2.24) is 4.90 Å². The lowest BCUT2D eigenvalue weighted by atomic mass is 9.77. The van der Waals surface area contributed by atoms with Gasteiger partial charge in [-0.1, -0.05) is 12.1 Å². The zero-order valence-electron chi connectivity index (χ0n) is 17.1. The van der Waals surface area contributed by atoms with Gasteiger partial charge in [0.1, 0.15) is 5.75 Å². The molecule has 27 heavy (non-hydrogen) atoms. The van der Waals surface area contributed by atoms with Crippen molar-refractivity contribution in [3.8, 4) is 5.75 Å². The van der Waals surface area contributed by atoms with Gasteiger partial charge in [-0.3, -0.25) is 4.90 Å². The first-order valence-electron chi connectivity index (χ1n) is 9.41. The Morgan fingerprint density at radius 2 is 1.85 bits per heavy atom. The highest BCUT2D eigenvalue weighted by Crippen LogP contribution is 2.37. The third kappa shape index (κ3) is 4.18. The number of rotatable bonds is 4. The van der Waals surface area contributed by atoms with E-state index >= 15 is 0 Å². The van der Waals surface area contributed by atoms with Crippen LogP contribution in [0.25, 0.3) is 0 Å². The molecule has 0 aliphatic carbocycles. The molecule has 0 spiro atoms. The molecule has 2 fully saturated rings. The zero-order valence-corrected chi connectivity index (χ0v) is 17.9. The predicted molar refractivity (Wildman–Crippen MR) is 107 cm³/mol. The van der Waals surface area contributed by atoms with Crippen LogP contribution in [-0.2, 0) is 25.7 Å². The molecule has 6 nitrogen and oxygen atoms in total. The second kappa shape index (κ2) is 7.06. The van der Waals surface area contributed by atoms with Gasteiger partial charge in [-0.25, -0.2) is 8.42 Å². The first kappa shape index (κ1) is 20.6. The Balaban J connectivity index is 1.83. The van der Waals surface area contributed by atoms with Crippen molar-refractivity contribution >= 4 is 22.4 Å². The predicted octanol–water partition coefficient (Wildman–Crippen LogP) is 1.61. The van der Waals surface area contributed by atoms with Crippen molar-refractivity contribution in [3.63, 3.8) is 0 Å². The van der Waals surface area contributed by atoms with Gasteiger partial charge in [0.15, 0.2) is 9.84 Å². The standard InChI is InChI=1S/C19H30BNO5S/c1-14-13-27(22,23)10-9-21(14)12-15-7-8-17(24-6)16(11-15)20-25-18(2,3)19(4,5)26-20/h7-8,11,14H,9-10,12-13H2,1-6H3. The summed E-state index contributed by atoms with van der Waals surface area (Å²) in [4.78, 5) is 2.21. The first-order chi connectivity index (χ1) is 12.4. The van der Waals surface area contributed by atoms with Gasteiger partial charge in [0.05, 0.1) is 29.8 Å². The summed E-state index contributed by atoms with van der Waals surface area (Å²) in [6.45, 7) is 11.3. The lowest BCUT2D eigenvalue weighted by Crippen LogP contribution is -2.46. The average Bonchev–Trinajstić information content (AvgIpc) is 2.77. The number of methoxy groups -OCH3 is 1. The minimum atomic E-state index is -2.92. The van der Waals surface area contributed by atoms with Gasteiger partial charge >= 0.3 is 7.12 Å². The molecule has 2 saturated heterocycles. The molecule has 8 heteroatoms. The van der Waals surface area contributed by atoms with E-state index in [-0.39, 0.29) is 17.5 Å². The highest BCUT2D eigenvalue weighted by atomic mass is 32.2. The van der Waals surface area contributed by atoms with E-state index in [2.05, 4.69) is 11.0 Å². The average molecular weight is 395 g/mol. The molecule has 3 rings (SSSR count). The second-order valence-corrected chi connectivity index (χ2v) is 10.8. The minimum Gasteiger partial charge on any atom is -0.497 e. The smallest absolute Gasteiger partial charge is 0.497 e. The Morgan fingerprint density at radius 1 is 1.22 bits per heavy atom. The van der Waals surface area contributed by atoms with Gasteiger partial charge in [-0.15, -0.1) is 0 Å². The highest BCUT2D eigenvalue weighted by molar-refractivity contribution is 7.91. The molecule has 0 N–H and O–H groups in total. The molecule has 0 saturated carbocycles. The maximum absolute atomic E-state index is 11.8. The molecule has 150 valence electrons. The van der Waals surface area contributed by atoms with E-state index in [1.807, 2.05) is 46.8 Å². The van der Waals surface area contributed by atoms with Crippen LogP contribution in [-0.4, -0.2) is 62.8 Å². The summed E-state index contributed by atoms with van der Waals surface area (Å²) in [6.07, 6.45) is 0. The lowest BCUT2D eigenvalue weighted by molar-refractivity contribution is 0.00578. The van der Waals surface area contributed by atoms with Crippen LogP contribution < -0.4 is 10.2 Å². The molecule has 2 aliphatic heterocycles. The number of benzene rings is 1. The van der Waals surface area contributed by atoms with Crippen LogP contribution >= 0.6 is 0 Å². The van der Waals surface area contributed by atoms with Gasteiger partial charge in [0.2, 0.25) is 0 Å². The number of hydrogen-bond donors (Lipinski definition) is 0. The van der Waals surface area contributed by atoms with E-state index in [4.69, 9.17) is 14.0 Å². The molecule has 0 aromatic heterocycles. The fourth-order valence-corrected chi connectivity index (χ4v) is 5.16. The highest BCUT2D eigenvalue weighted by Gasteiger charge is 2.52. The maximum Gasteiger partial charge on any atom is 0.498 e. The van der Waals surface area contributed by atoms with E-state index in [0.717, 1.165) is 16.8 Å². The third-order valence-electron chi connectivity index (χ3n) is 5.99. The van der Waals surface area contributed by atoms with Gasteiger partial charge in [0, 0.05) is 24.6 Å². The van der Waals surface area contributed by atoms with Crippen molar-refractivity contribution in [2.75, 3.05) is 25.2 Å². The van der Waals surface area contributed by atoms with Crippen LogP contribution in [0.5, 0.6) is 5.75 Å². The lowest BCUT2D eigenvalue weighted by Gasteiger charge is -2.33. The van der Waals surface area contributed by atoms with Crippen molar-refractivity contribution in [1.29, 1.82) is 0 Å². The van der Waals surface area contributed by atoms with Crippen molar-refractivity contribution in [2.45, 2.75) is 58.4 Å². The van der Waals surface area contributed by atoms with Crippen molar-refractivity contribution in [3.05, 3.63) is 23.8 Å². The van der Waals surface area contributed by atoms with Crippen molar-refractivity contribution < 1.29 is 22.5 Å².